The molecule has 0 aliphatic heterocycles. The van der Waals surface area contributed by atoms with E-state index in [4.69, 9.17) is 9.26 Å². The quantitative estimate of drug-likeness (QED) is 0.722. The van der Waals surface area contributed by atoms with Gasteiger partial charge in [0.05, 0.1) is 17.7 Å². The molecule has 0 unspecified atom stereocenters. The summed E-state index contributed by atoms with van der Waals surface area (Å²) in [4.78, 5) is 9.15. The van der Waals surface area contributed by atoms with Crippen molar-refractivity contribution < 1.29 is 9.26 Å². The molecule has 0 spiro atoms. The molecule has 2 heterocycles. The fraction of sp³-hybridized carbons (Fsp3) is 0.389. The molecule has 0 aliphatic rings. The largest absolute Gasteiger partial charge is 0.477 e. The van der Waals surface area contributed by atoms with Gasteiger partial charge in [0, 0.05) is 10.8 Å². The van der Waals surface area contributed by atoms with Crippen LogP contribution in [0.1, 0.15) is 39.1 Å². The minimum absolute atomic E-state index is 0.196. The Bertz CT molecular complexity index is 847. The maximum Gasteiger partial charge on any atom is 0.232 e. The third-order valence-electron chi connectivity index (χ3n) is 3.53. The van der Waals surface area contributed by atoms with Gasteiger partial charge < -0.3 is 9.26 Å². The summed E-state index contributed by atoms with van der Waals surface area (Å²) < 4.78 is 11.1. The molecule has 23 heavy (non-hydrogen) atoms. The second-order valence-electron chi connectivity index (χ2n) is 6.64. The second-order valence-corrected chi connectivity index (χ2v) is 6.64. The molecule has 0 saturated heterocycles. The van der Waals surface area contributed by atoms with E-state index in [0.717, 1.165) is 22.0 Å². The number of benzene rings is 1. The van der Waals surface area contributed by atoms with Crippen molar-refractivity contribution in [3.63, 3.8) is 0 Å². The molecular weight excluding hydrogens is 290 g/mol. The van der Waals surface area contributed by atoms with E-state index >= 15 is 0 Å². The molecular formula is C18H21N3O2. The number of ether oxygens (including phenoxy) is 1. The lowest BCUT2D eigenvalue weighted by atomic mass is 9.97. The van der Waals surface area contributed by atoms with Crippen molar-refractivity contribution in [1.29, 1.82) is 0 Å². The van der Waals surface area contributed by atoms with Crippen LogP contribution < -0.4 is 4.74 Å². The van der Waals surface area contributed by atoms with E-state index in [9.17, 15) is 0 Å². The van der Waals surface area contributed by atoms with Crippen LogP contribution in [0.25, 0.3) is 22.3 Å². The lowest BCUT2D eigenvalue weighted by Gasteiger charge is -2.11. The zero-order chi connectivity index (χ0) is 16.6. The van der Waals surface area contributed by atoms with E-state index < -0.39 is 0 Å². The number of hydrogen-bond acceptors (Lipinski definition) is 5. The predicted molar refractivity (Wildman–Crippen MR) is 89.6 cm³/mol. The number of pyridine rings is 1. The van der Waals surface area contributed by atoms with E-state index in [0.29, 0.717) is 24.2 Å². The Labute approximate surface area is 135 Å². The minimum Gasteiger partial charge on any atom is -0.477 e. The SMILES string of the molecule is CCOc1nc2cc(C)ccc2cc1-c1noc(C(C)(C)C)n1. The van der Waals surface area contributed by atoms with Crippen LogP contribution in [0.4, 0.5) is 0 Å². The lowest BCUT2D eigenvalue weighted by Crippen LogP contribution is -2.11. The molecule has 1 aromatic carbocycles. The molecule has 5 heteroatoms. The van der Waals surface area contributed by atoms with Gasteiger partial charge in [0.1, 0.15) is 0 Å². The normalized spacial score (nSPS) is 11.9. The molecule has 0 N–H and O–H groups in total. The number of aromatic nitrogens is 3. The van der Waals surface area contributed by atoms with Crippen molar-refractivity contribution in [3.8, 4) is 17.3 Å². The molecule has 0 aliphatic carbocycles. The minimum atomic E-state index is -0.196. The summed E-state index contributed by atoms with van der Waals surface area (Å²) in [6.45, 7) is 10.6. The summed E-state index contributed by atoms with van der Waals surface area (Å²) in [5.41, 5.74) is 2.62. The van der Waals surface area contributed by atoms with Crippen LogP contribution in [-0.2, 0) is 5.41 Å². The summed E-state index contributed by atoms with van der Waals surface area (Å²) in [5, 5.41) is 5.14. The van der Waals surface area contributed by atoms with Crippen molar-refractivity contribution in [2.24, 2.45) is 0 Å². The smallest absolute Gasteiger partial charge is 0.232 e. The average molecular weight is 311 g/mol. The molecule has 0 bridgehead atoms. The van der Waals surface area contributed by atoms with Crippen molar-refractivity contribution in [2.75, 3.05) is 6.61 Å². The summed E-state index contributed by atoms with van der Waals surface area (Å²) in [7, 11) is 0. The predicted octanol–water partition coefficient (Wildman–Crippen LogP) is 4.29. The van der Waals surface area contributed by atoms with E-state index in [2.05, 4.69) is 21.2 Å². The average Bonchev–Trinajstić information content (AvgIpc) is 2.96. The van der Waals surface area contributed by atoms with Gasteiger partial charge in [0.15, 0.2) is 0 Å². The van der Waals surface area contributed by atoms with Gasteiger partial charge in [0.2, 0.25) is 17.6 Å². The molecule has 0 fully saturated rings. The topological polar surface area (TPSA) is 61.0 Å². The molecule has 0 atom stereocenters. The number of fused-ring (bicyclic) bond motifs is 1. The lowest BCUT2D eigenvalue weighted by molar-refractivity contribution is 0.319. The Balaban J connectivity index is 2.16. The van der Waals surface area contributed by atoms with E-state index in [1.54, 1.807) is 0 Å². The highest BCUT2D eigenvalue weighted by molar-refractivity contribution is 5.85. The van der Waals surface area contributed by atoms with Gasteiger partial charge in [-0.2, -0.15) is 4.98 Å². The first kappa shape index (κ1) is 15.5. The van der Waals surface area contributed by atoms with Crippen molar-refractivity contribution >= 4 is 10.9 Å². The van der Waals surface area contributed by atoms with Gasteiger partial charge in [-0.1, -0.05) is 38.1 Å². The highest BCUT2D eigenvalue weighted by Crippen LogP contribution is 2.32. The summed E-state index contributed by atoms with van der Waals surface area (Å²) in [5.74, 6) is 1.64. The van der Waals surface area contributed by atoms with Gasteiger partial charge in [-0.05, 0) is 31.5 Å². The molecule has 120 valence electrons. The molecule has 0 radical (unpaired) electrons. The number of rotatable bonds is 3. The third kappa shape index (κ3) is 3.04. The van der Waals surface area contributed by atoms with Crippen LogP contribution in [0.15, 0.2) is 28.8 Å². The molecule has 0 amide bonds. The van der Waals surface area contributed by atoms with E-state index in [1.807, 2.05) is 52.8 Å². The van der Waals surface area contributed by atoms with Gasteiger partial charge in [0.25, 0.3) is 0 Å². The number of aryl methyl sites for hydroxylation is 1. The van der Waals surface area contributed by atoms with Crippen LogP contribution in [0.5, 0.6) is 5.88 Å². The number of hydrogen-bond donors (Lipinski definition) is 0. The standard InChI is InChI=1S/C18H21N3O2/c1-6-22-16-13(15-20-17(23-21-15)18(3,4)5)10-12-8-7-11(2)9-14(12)19-16/h7-10H,6H2,1-5H3. The fourth-order valence-corrected chi connectivity index (χ4v) is 2.30. The maximum atomic E-state index is 5.70. The van der Waals surface area contributed by atoms with Crippen LogP contribution in [0.3, 0.4) is 0 Å². The Morgan fingerprint density at radius 2 is 1.91 bits per heavy atom. The molecule has 5 nitrogen and oxygen atoms in total. The van der Waals surface area contributed by atoms with Crippen LogP contribution in [0, 0.1) is 6.92 Å². The second kappa shape index (κ2) is 5.65. The van der Waals surface area contributed by atoms with Crippen LogP contribution in [0.2, 0.25) is 0 Å². The van der Waals surface area contributed by atoms with Crippen molar-refractivity contribution in [3.05, 3.63) is 35.7 Å². The van der Waals surface area contributed by atoms with Crippen LogP contribution >= 0.6 is 0 Å². The Morgan fingerprint density at radius 1 is 1.13 bits per heavy atom. The molecule has 2 aromatic heterocycles. The van der Waals surface area contributed by atoms with Crippen molar-refractivity contribution in [1.82, 2.24) is 15.1 Å². The zero-order valence-electron chi connectivity index (χ0n) is 14.2. The molecule has 3 rings (SSSR count). The third-order valence-corrected chi connectivity index (χ3v) is 3.53. The van der Waals surface area contributed by atoms with E-state index in [-0.39, 0.29) is 5.41 Å². The zero-order valence-corrected chi connectivity index (χ0v) is 14.2. The van der Waals surface area contributed by atoms with Gasteiger partial charge >= 0.3 is 0 Å². The van der Waals surface area contributed by atoms with E-state index in [1.165, 1.54) is 0 Å². The summed E-state index contributed by atoms with van der Waals surface area (Å²) in [6.07, 6.45) is 0. The number of nitrogens with zero attached hydrogens (tertiary/aromatic N) is 3. The van der Waals surface area contributed by atoms with Gasteiger partial charge in [-0.25, -0.2) is 4.98 Å². The van der Waals surface area contributed by atoms with Crippen molar-refractivity contribution in [2.45, 2.75) is 40.0 Å². The Kier molecular flexibility index (Phi) is 3.80. The van der Waals surface area contributed by atoms with Gasteiger partial charge in [-0.3, -0.25) is 0 Å². The Hall–Kier alpha value is -2.43. The highest BCUT2D eigenvalue weighted by Gasteiger charge is 2.24. The molecule has 0 saturated carbocycles. The summed E-state index contributed by atoms with van der Waals surface area (Å²) in [6, 6.07) is 8.15. The maximum absolute atomic E-state index is 5.70. The van der Waals surface area contributed by atoms with Crippen LogP contribution in [-0.4, -0.2) is 21.7 Å². The monoisotopic (exact) mass is 311 g/mol. The first-order valence-corrected chi connectivity index (χ1v) is 7.77. The highest BCUT2D eigenvalue weighted by atomic mass is 16.5. The molecule has 3 aromatic rings. The van der Waals surface area contributed by atoms with Gasteiger partial charge in [-0.15, -0.1) is 0 Å². The summed E-state index contributed by atoms with van der Waals surface area (Å²) >= 11 is 0. The Morgan fingerprint density at radius 3 is 2.57 bits per heavy atom. The first-order valence-electron chi connectivity index (χ1n) is 7.77. The first-order chi connectivity index (χ1) is 10.9. The fourth-order valence-electron chi connectivity index (χ4n) is 2.30.